The van der Waals surface area contributed by atoms with E-state index in [1.165, 1.54) is 18.4 Å². The first-order valence-corrected chi connectivity index (χ1v) is 7.29. The molecule has 1 N–H and O–H groups in total. The molecule has 0 radical (unpaired) electrons. The Morgan fingerprint density at radius 2 is 2.16 bits per heavy atom. The molecule has 1 aromatic rings. The number of benzene rings is 1. The van der Waals surface area contributed by atoms with Crippen LogP contribution in [-0.4, -0.2) is 25.9 Å². The number of hydrogen-bond acceptors (Lipinski definition) is 3. The smallest absolute Gasteiger partial charge is 0.119 e. The summed E-state index contributed by atoms with van der Waals surface area (Å²) >= 11 is 0. The predicted molar refractivity (Wildman–Crippen MR) is 75.4 cm³/mol. The number of methoxy groups -OCH3 is 1. The molecule has 1 aromatic carbocycles. The highest BCUT2D eigenvalue weighted by molar-refractivity contribution is 5.30. The first kappa shape index (κ1) is 12.9. The number of ether oxygens (including phenoxy) is 2. The van der Waals surface area contributed by atoms with E-state index < -0.39 is 0 Å². The van der Waals surface area contributed by atoms with Crippen LogP contribution in [0.4, 0.5) is 0 Å². The third-order valence-electron chi connectivity index (χ3n) is 4.28. The standard InChI is InChI=1S/C16H23NO2/c1-11(13-4-3-5-14(10-13)18-2)17-15-8-9-19-16(15)12-6-7-12/h3-5,10-12,15-17H,6-9H2,1-2H3. The summed E-state index contributed by atoms with van der Waals surface area (Å²) in [5, 5.41) is 3.74. The van der Waals surface area contributed by atoms with Crippen LogP contribution in [0.5, 0.6) is 5.75 Å². The van der Waals surface area contributed by atoms with Crippen LogP contribution in [0.25, 0.3) is 0 Å². The largest absolute Gasteiger partial charge is 0.497 e. The maximum absolute atomic E-state index is 5.88. The molecule has 3 rings (SSSR count). The van der Waals surface area contributed by atoms with E-state index in [1.807, 2.05) is 6.07 Å². The summed E-state index contributed by atoms with van der Waals surface area (Å²) in [6, 6.07) is 9.15. The van der Waals surface area contributed by atoms with Crippen molar-refractivity contribution in [3.05, 3.63) is 29.8 Å². The summed E-state index contributed by atoms with van der Waals surface area (Å²) in [5.41, 5.74) is 1.28. The second kappa shape index (κ2) is 5.51. The second-order valence-electron chi connectivity index (χ2n) is 5.73. The van der Waals surface area contributed by atoms with Crippen molar-refractivity contribution in [1.29, 1.82) is 0 Å². The molecule has 0 amide bonds. The zero-order valence-corrected chi connectivity index (χ0v) is 11.8. The summed E-state index contributed by atoms with van der Waals surface area (Å²) in [5.74, 6) is 1.73. The number of hydrogen-bond donors (Lipinski definition) is 1. The predicted octanol–water partition coefficient (Wildman–Crippen LogP) is 2.91. The fourth-order valence-electron chi connectivity index (χ4n) is 3.01. The van der Waals surface area contributed by atoms with Crippen molar-refractivity contribution in [2.45, 2.75) is 44.4 Å². The molecule has 19 heavy (non-hydrogen) atoms. The SMILES string of the molecule is COc1cccc(C(C)NC2CCOC2C2CC2)c1. The molecule has 0 spiro atoms. The Kier molecular flexibility index (Phi) is 3.76. The minimum absolute atomic E-state index is 0.336. The first-order valence-electron chi connectivity index (χ1n) is 7.29. The van der Waals surface area contributed by atoms with Crippen molar-refractivity contribution in [3.63, 3.8) is 0 Å². The Morgan fingerprint density at radius 3 is 2.89 bits per heavy atom. The van der Waals surface area contributed by atoms with Crippen LogP contribution in [0, 0.1) is 5.92 Å². The van der Waals surface area contributed by atoms with E-state index in [4.69, 9.17) is 9.47 Å². The molecular weight excluding hydrogens is 238 g/mol. The zero-order valence-electron chi connectivity index (χ0n) is 11.8. The van der Waals surface area contributed by atoms with Gasteiger partial charge in [-0.2, -0.15) is 0 Å². The van der Waals surface area contributed by atoms with Gasteiger partial charge in [0.05, 0.1) is 13.2 Å². The van der Waals surface area contributed by atoms with E-state index in [0.717, 1.165) is 24.7 Å². The van der Waals surface area contributed by atoms with Gasteiger partial charge in [0.15, 0.2) is 0 Å². The van der Waals surface area contributed by atoms with E-state index in [-0.39, 0.29) is 0 Å². The summed E-state index contributed by atoms with van der Waals surface area (Å²) in [6.07, 6.45) is 4.26. The van der Waals surface area contributed by atoms with Crippen LogP contribution < -0.4 is 10.1 Å². The second-order valence-corrected chi connectivity index (χ2v) is 5.73. The highest BCUT2D eigenvalue weighted by Gasteiger charge is 2.40. The number of rotatable bonds is 5. The van der Waals surface area contributed by atoms with Crippen LogP contribution in [-0.2, 0) is 4.74 Å². The van der Waals surface area contributed by atoms with E-state index in [0.29, 0.717) is 18.2 Å². The average molecular weight is 261 g/mol. The third kappa shape index (κ3) is 2.93. The molecule has 1 saturated heterocycles. The van der Waals surface area contributed by atoms with Gasteiger partial charge in [-0.25, -0.2) is 0 Å². The summed E-state index contributed by atoms with van der Waals surface area (Å²) in [6.45, 7) is 3.13. The highest BCUT2D eigenvalue weighted by atomic mass is 16.5. The van der Waals surface area contributed by atoms with E-state index in [2.05, 4.69) is 30.4 Å². The average Bonchev–Trinajstić information content (AvgIpc) is 3.19. The van der Waals surface area contributed by atoms with E-state index in [1.54, 1.807) is 7.11 Å². The van der Waals surface area contributed by atoms with Crippen molar-refractivity contribution in [1.82, 2.24) is 5.32 Å². The molecule has 3 atom stereocenters. The topological polar surface area (TPSA) is 30.5 Å². The van der Waals surface area contributed by atoms with Crippen LogP contribution in [0.2, 0.25) is 0 Å². The van der Waals surface area contributed by atoms with Crippen molar-refractivity contribution < 1.29 is 9.47 Å². The van der Waals surface area contributed by atoms with Crippen LogP contribution >= 0.6 is 0 Å². The van der Waals surface area contributed by atoms with Crippen molar-refractivity contribution in [2.24, 2.45) is 5.92 Å². The number of nitrogens with one attached hydrogen (secondary N) is 1. The van der Waals surface area contributed by atoms with Crippen LogP contribution in [0.15, 0.2) is 24.3 Å². The van der Waals surface area contributed by atoms with Gasteiger partial charge in [0.1, 0.15) is 5.75 Å². The van der Waals surface area contributed by atoms with Gasteiger partial charge in [-0.15, -0.1) is 0 Å². The van der Waals surface area contributed by atoms with Gasteiger partial charge in [-0.3, -0.25) is 0 Å². The molecule has 0 bridgehead atoms. The summed E-state index contributed by atoms with van der Waals surface area (Å²) in [7, 11) is 1.71. The van der Waals surface area contributed by atoms with Gasteiger partial charge in [0.2, 0.25) is 0 Å². The Balaban J connectivity index is 1.64. The molecule has 1 aliphatic carbocycles. The fraction of sp³-hybridized carbons (Fsp3) is 0.625. The Labute approximate surface area is 115 Å². The Morgan fingerprint density at radius 1 is 1.32 bits per heavy atom. The van der Waals surface area contributed by atoms with Gasteiger partial charge in [0, 0.05) is 18.7 Å². The molecule has 1 heterocycles. The van der Waals surface area contributed by atoms with Crippen molar-refractivity contribution in [2.75, 3.05) is 13.7 Å². The van der Waals surface area contributed by atoms with Gasteiger partial charge in [-0.1, -0.05) is 12.1 Å². The highest BCUT2D eigenvalue weighted by Crippen LogP contribution is 2.39. The maximum atomic E-state index is 5.88. The maximum Gasteiger partial charge on any atom is 0.119 e. The lowest BCUT2D eigenvalue weighted by atomic mass is 10.0. The Bertz CT molecular complexity index is 431. The molecule has 2 fully saturated rings. The molecule has 1 aliphatic heterocycles. The lowest BCUT2D eigenvalue weighted by molar-refractivity contribution is 0.0793. The minimum Gasteiger partial charge on any atom is -0.497 e. The summed E-state index contributed by atoms with van der Waals surface area (Å²) in [4.78, 5) is 0. The van der Waals surface area contributed by atoms with E-state index >= 15 is 0 Å². The fourth-order valence-corrected chi connectivity index (χ4v) is 3.01. The minimum atomic E-state index is 0.336. The molecule has 104 valence electrons. The molecule has 0 aromatic heterocycles. The molecule has 3 nitrogen and oxygen atoms in total. The lowest BCUT2D eigenvalue weighted by Gasteiger charge is -2.24. The van der Waals surface area contributed by atoms with Crippen molar-refractivity contribution in [3.8, 4) is 5.75 Å². The molecule has 1 saturated carbocycles. The Hall–Kier alpha value is -1.06. The van der Waals surface area contributed by atoms with E-state index in [9.17, 15) is 0 Å². The van der Waals surface area contributed by atoms with Crippen LogP contribution in [0.1, 0.15) is 37.8 Å². The van der Waals surface area contributed by atoms with Crippen LogP contribution in [0.3, 0.4) is 0 Å². The van der Waals surface area contributed by atoms with Gasteiger partial charge in [-0.05, 0) is 49.8 Å². The van der Waals surface area contributed by atoms with Gasteiger partial charge in [0.25, 0.3) is 0 Å². The lowest BCUT2D eigenvalue weighted by Crippen LogP contribution is -2.39. The quantitative estimate of drug-likeness (QED) is 0.884. The monoisotopic (exact) mass is 261 g/mol. The van der Waals surface area contributed by atoms with Gasteiger partial charge < -0.3 is 14.8 Å². The molecule has 3 unspecified atom stereocenters. The zero-order chi connectivity index (χ0) is 13.2. The van der Waals surface area contributed by atoms with Crippen molar-refractivity contribution >= 4 is 0 Å². The summed E-state index contributed by atoms with van der Waals surface area (Å²) < 4.78 is 11.2. The molecular formula is C16H23NO2. The van der Waals surface area contributed by atoms with Gasteiger partial charge >= 0.3 is 0 Å². The first-order chi connectivity index (χ1) is 9.28. The molecule has 3 heteroatoms. The normalized spacial score (nSPS) is 28.3. The molecule has 2 aliphatic rings. The third-order valence-corrected chi connectivity index (χ3v) is 4.28.